The van der Waals surface area contributed by atoms with Crippen molar-refractivity contribution in [3.8, 4) is 11.1 Å². The molecule has 40 heavy (non-hydrogen) atoms. The highest BCUT2D eigenvalue weighted by molar-refractivity contribution is 6.04. The van der Waals surface area contributed by atoms with E-state index in [0.717, 1.165) is 46.4 Å². The van der Waals surface area contributed by atoms with Crippen LogP contribution in [0.3, 0.4) is 0 Å². The van der Waals surface area contributed by atoms with Crippen LogP contribution < -0.4 is 22.7 Å². The van der Waals surface area contributed by atoms with Gasteiger partial charge in [0.05, 0.1) is 23.3 Å². The lowest BCUT2D eigenvalue weighted by Crippen LogP contribution is -2.48. The minimum Gasteiger partial charge on any atom is -0.321 e. The fourth-order valence-electron chi connectivity index (χ4n) is 5.63. The molecule has 3 aromatic rings. The van der Waals surface area contributed by atoms with E-state index in [-0.39, 0.29) is 5.56 Å². The molecule has 0 fully saturated rings. The van der Waals surface area contributed by atoms with Gasteiger partial charge in [0.15, 0.2) is 5.84 Å². The van der Waals surface area contributed by atoms with Crippen LogP contribution in [0.4, 0.5) is 0 Å². The highest BCUT2D eigenvalue weighted by Gasteiger charge is 2.45. The molecule has 0 saturated carbocycles. The Morgan fingerprint density at radius 1 is 1.10 bits per heavy atom. The number of amidine groups is 1. The van der Waals surface area contributed by atoms with E-state index in [2.05, 4.69) is 23.5 Å². The number of hydroxylamine groups is 2. The number of hydrogen-bond acceptors (Lipinski definition) is 7. The van der Waals surface area contributed by atoms with Gasteiger partial charge < -0.3 is 16.5 Å². The molecule has 4 rings (SSSR count). The highest BCUT2D eigenvalue weighted by atomic mass is 16.5. The maximum absolute atomic E-state index is 14.0. The smallest absolute Gasteiger partial charge is 0.257 e. The summed E-state index contributed by atoms with van der Waals surface area (Å²) in [7, 11) is 0. The number of rotatable bonds is 8. The number of aromatic nitrogens is 2. The number of hydrazine groups is 1. The minimum atomic E-state index is -0.600. The van der Waals surface area contributed by atoms with Gasteiger partial charge in [0.1, 0.15) is 5.82 Å². The first-order valence-corrected chi connectivity index (χ1v) is 13.7. The zero-order valence-electron chi connectivity index (χ0n) is 24.3. The molecule has 2 heterocycles. The highest BCUT2D eigenvalue weighted by Crippen LogP contribution is 2.39. The van der Waals surface area contributed by atoms with Gasteiger partial charge in [0.2, 0.25) is 0 Å². The van der Waals surface area contributed by atoms with E-state index in [0.29, 0.717) is 30.2 Å². The largest absolute Gasteiger partial charge is 0.321 e. The van der Waals surface area contributed by atoms with Crippen LogP contribution in [-0.4, -0.2) is 36.7 Å². The summed E-state index contributed by atoms with van der Waals surface area (Å²) in [5, 5.41) is 15.9. The molecule has 0 aliphatic carbocycles. The first kappa shape index (κ1) is 29.2. The topological polar surface area (TPSA) is 135 Å². The molecule has 1 aromatic heterocycles. The van der Waals surface area contributed by atoms with Crippen molar-refractivity contribution in [3.63, 3.8) is 0 Å². The second-order valence-electron chi connectivity index (χ2n) is 11.5. The van der Waals surface area contributed by atoms with E-state index >= 15 is 0 Å². The van der Waals surface area contributed by atoms with Crippen LogP contribution in [0.25, 0.3) is 11.1 Å². The summed E-state index contributed by atoms with van der Waals surface area (Å²) < 4.78 is 1.75. The quantitative estimate of drug-likeness (QED) is 0.111. The number of hydrogen-bond donors (Lipinski definition) is 4. The average molecular weight is 544 g/mol. The average Bonchev–Trinajstić information content (AvgIpc) is 3.08. The van der Waals surface area contributed by atoms with Crippen LogP contribution in [0.5, 0.6) is 0 Å². The molecule has 6 N–H and O–H groups in total. The fourth-order valence-corrected chi connectivity index (χ4v) is 5.63. The first-order valence-electron chi connectivity index (χ1n) is 13.7. The number of aryl methyl sites for hydroxylation is 2. The van der Waals surface area contributed by atoms with E-state index < -0.39 is 11.1 Å². The molecule has 1 aliphatic heterocycles. The second-order valence-corrected chi connectivity index (χ2v) is 11.5. The van der Waals surface area contributed by atoms with Crippen LogP contribution >= 0.6 is 0 Å². The van der Waals surface area contributed by atoms with Crippen molar-refractivity contribution in [3.05, 3.63) is 98.7 Å². The van der Waals surface area contributed by atoms with E-state index in [1.165, 1.54) is 5.06 Å². The molecule has 0 bridgehead atoms. The van der Waals surface area contributed by atoms with Crippen molar-refractivity contribution in [2.75, 3.05) is 0 Å². The molecular formula is C31H41N7O2. The van der Waals surface area contributed by atoms with Crippen LogP contribution in [0.15, 0.2) is 70.1 Å². The lowest BCUT2D eigenvalue weighted by molar-refractivity contribution is -0.185. The van der Waals surface area contributed by atoms with E-state index in [1.54, 1.807) is 4.57 Å². The summed E-state index contributed by atoms with van der Waals surface area (Å²) in [5.41, 5.74) is 7.67. The summed E-state index contributed by atoms with van der Waals surface area (Å²) in [6.07, 6.45) is 4.15. The van der Waals surface area contributed by atoms with Crippen LogP contribution in [0.1, 0.15) is 69.2 Å². The van der Waals surface area contributed by atoms with E-state index in [1.807, 2.05) is 83.1 Å². The lowest BCUT2D eigenvalue weighted by atomic mass is 9.95. The molecule has 9 nitrogen and oxygen atoms in total. The fraction of sp³-hybridized carbons (Fsp3) is 0.387. The molecule has 0 saturated heterocycles. The predicted molar refractivity (Wildman–Crippen MR) is 160 cm³/mol. The molecule has 0 unspecified atom stereocenters. The summed E-state index contributed by atoms with van der Waals surface area (Å²) in [6, 6.07) is 15.9. The van der Waals surface area contributed by atoms with Gasteiger partial charge in [-0.25, -0.2) is 10.8 Å². The van der Waals surface area contributed by atoms with E-state index in [4.69, 9.17) is 16.7 Å². The van der Waals surface area contributed by atoms with Crippen molar-refractivity contribution in [1.82, 2.24) is 20.0 Å². The zero-order valence-corrected chi connectivity index (χ0v) is 24.3. The molecule has 0 spiro atoms. The SMILES string of the molecule is CCCc1nc(C)n(CC2=CC(C)(C)N(O)C2(C)C)c(=O)c1Cc1ccc(-c2ccccc2/C(=N/N)NN)cc1. The van der Waals surface area contributed by atoms with Gasteiger partial charge >= 0.3 is 0 Å². The molecule has 0 atom stereocenters. The zero-order chi connectivity index (χ0) is 29.2. The number of nitrogens with zero attached hydrogens (tertiary/aromatic N) is 4. The van der Waals surface area contributed by atoms with Crippen molar-refractivity contribution in [2.24, 2.45) is 16.8 Å². The molecule has 212 valence electrons. The monoisotopic (exact) mass is 543 g/mol. The van der Waals surface area contributed by atoms with Gasteiger partial charge in [-0.2, -0.15) is 10.2 Å². The Balaban J connectivity index is 1.70. The molecule has 0 radical (unpaired) electrons. The molecule has 0 amide bonds. The molecular weight excluding hydrogens is 502 g/mol. The molecule has 1 aliphatic rings. The maximum Gasteiger partial charge on any atom is 0.257 e. The second kappa shape index (κ2) is 11.4. The van der Waals surface area contributed by atoms with Crippen molar-refractivity contribution >= 4 is 5.84 Å². The van der Waals surface area contributed by atoms with E-state index in [9.17, 15) is 10.0 Å². The number of hydrazone groups is 1. The Bertz CT molecular complexity index is 1500. The van der Waals surface area contributed by atoms with Crippen LogP contribution in [0.2, 0.25) is 0 Å². The van der Waals surface area contributed by atoms with Gasteiger partial charge in [0, 0.05) is 17.5 Å². The Morgan fingerprint density at radius 2 is 1.77 bits per heavy atom. The van der Waals surface area contributed by atoms with Gasteiger partial charge in [-0.1, -0.05) is 68.0 Å². The van der Waals surface area contributed by atoms with Gasteiger partial charge in [-0.3, -0.25) is 9.36 Å². The molecule has 2 aromatic carbocycles. The van der Waals surface area contributed by atoms with Crippen LogP contribution in [0, 0.1) is 6.92 Å². The van der Waals surface area contributed by atoms with Gasteiger partial charge in [-0.05, 0) is 63.3 Å². The third kappa shape index (κ3) is 5.45. The Kier molecular flexibility index (Phi) is 8.30. The van der Waals surface area contributed by atoms with Crippen LogP contribution in [-0.2, 0) is 19.4 Å². The van der Waals surface area contributed by atoms with Gasteiger partial charge in [-0.15, -0.1) is 0 Å². The number of nitrogens with one attached hydrogen (secondary N) is 1. The third-order valence-electron chi connectivity index (χ3n) is 7.84. The standard InChI is InChI=1S/C31H41N7O2/c1-7-10-27-26(29(39)37(20(2)34-27)19-23-18-30(3,4)38(40)31(23,5)6)17-21-13-15-22(16-14-21)24-11-8-9-12-25(24)28(35-32)36-33/h8-9,11-16,18,40H,7,10,17,19,32-33H2,1-6H3,(H,35,36). The first-order chi connectivity index (χ1) is 18.9. The van der Waals surface area contributed by atoms with Crippen molar-refractivity contribution in [1.29, 1.82) is 0 Å². The maximum atomic E-state index is 14.0. The Hall–Kier alpha value is -3.79. The third-order valence-corrected chi connectivity index (χ3v) is 7.84. The number of nitrogens with two attached hydrogens (primary N) is 2. The number of benzene rings is 2. The van der Waals surface area contributed by atoms with Crippen molar-refractivity contribution in [2.45, 2.75) is 78.4 Å². The summed E-state index contributed by atoms with van der Waals surface area (Å²) in [4.78, 5) is 18.9. The summed E-state index contributed by atoms with van der Waals surface area (Å²) in [5.74, 6) is 12.2. The normalized spacial score (nSPS) is 16.7. The predicted octanol–water partition coefficient (Wildman–Crippen LogP) is 4.03. The Morgan fingerprint density at radius 3 is 2.35 bits per heavy atom. The van der Waals surface area contributed by atoms with Gasteiger partial charge in [0.25, 0.3) is 5.56 Å². The Labute approximate surface area is 236 Å². The summed E-state index contributed by atoms with van der Waals surface area (Å²) >= 11 is 0. The minimum absolute atomic E-state index is 0.0333. The van der Waals surface area contributed by atoms with Crippen molar-refractivity contribution < 1.29 is 5.21 Å². The molecule has 9 heteroatoms. The lowest BCUT2D eigenvalue weighted by Gasteiger charge is -2.36. The summed E-state index contributed by atoms with van der Waals surface area (Å²) in [6.45, 7) is 12.2.